The number of aryl methyl sites for hydroxylation is 1. The van der Waals surface area contributed by atoms with Gasteiger partial charge in [0.15, 0.2) is 0 Å². The second kappa shape index (κ2) is 9.02. The van der Waals surface area contributed by atoms with Gasteiger partial charge < -0.3 is 15.2 Å². The first-order valence-corrected chi connectivity index (χ1v) is 6.54. The van der Waals surface area contributed by atoms with E-state index in [1.807, 2.05) is 20.0 Å². The lowest BCUT2D eigenvalue weighted by Gasteiger charge is -2.07. The van der Waals surface area contributed by atoms with Crippen LogP contribution in [-0.4, -0.2) is 46.0 Å². The SMILES string of the molecule is CC(C)OCCCNCc1cn(CCCO)nn1. The summed E-state index contributed by atoms with van der Waals surface area (Å²) in [4.78, 5) is 0. The van der Waals surface area contributed by atoms with Gasteiger partial charge in [-0.1, -0.05) is 5.21 Å². The first kappa shape index (κ1) is 15.1. The van der Waals surface area contributed by atoms with Crippen molar-refractivity contribution in [3.63, 3.8) is 0 Å². The van der Waals surface area contributed by atoms with E-state index in [4.69, 9.17) is 9.84 Å². The van der Waals surface area contributed by atoms with Crippen LogP contribution in [0.25, 0.3) is 0 Å². The molecule has 0 aliphatic rings. The van der Waals surface area contributed by atoms with E-state index < -0.39 is 0 Å². The van der Waals surface area contributed by atoms with Crippen molar-refractivity contribution in [3.05, 3.63) is 11.9 Å². The zero-order valence-corrected chi connectivity index (χ0v) is 11.3. The van der Waals surface area contributed by atoms with Crippen LogP contribution >= 0.6 is 0 Å². The van der Waals surface area contributed by atoms with Crippen molar-refractivity contribution in [1.82, 2.24) is 20.3 Å². The molecule has 6 nitrogen and oxygen atoms in total. The molecule has 1 rings (SSSR count). The molecule has 0 saturated carbocycles. The molecule has 1 aromatic heterocycles. The Morgan fingerprint density at radius 2 is 2.28 bits per heavy atom. The van der Waals surface area contributed by atoms with E-state index in [-0.39, 0.29) is 6.61 Å². The Kier molecular flexibility index (Phi) is 7.55. The van der Waals surface area contributed by atoms with E-state index in [0.29, 0.717) is 19.1 Å². The molecule has 18 heavy (non-hydrogen) atoms. The molecule has 2 N–H and O–H groups in total. The summed E-state index contributed by atoms with van der Waals surface area (Å²) in [5.74, 6) is 0. The summed E-state index contributed by atoms with van der Waals surface area (Å²) in [5, 5.41) is 20.0. The number of ether oxygens (including phenoxy) is 1. The summed E-state index contributed by atoms with van der Waals surface area (Å²) in [6.45, 7) is 7.40. The van der Waals surface area contributed by atoms with Gasteiger partial charge in [-0.05, 0) is 33.2 Å². The maximum atomic E-state index is 8.71. The van der Waals surface area contributed by atoms with Gasteiger partial charge in [0.1, 0.15) is 0 Å². The lowest BCUT2D eigenvalue weighted by atomic mass is 10.4. The summed E-state index contributed by atoms with van der Waals surface area (Å²) in [5.41, 5.74) is 0.928. The van der Waals surface area contributed by atoms with Crippen molar-refractivity contribution in [3.8, 4) is 0 Å². The normalized spacial score (nSPS) is 11.3. The molecule has 0 fully saturated rings. The lowest BCUT2D eigenvalue weighted by molar-refractivity contribution is 0.0770. The van der Waals surface area contributed by atoms with E-state index in [1.54, 1.807) is 4.68 Å². The highest BCUT2D eigenvalue weighted by molar-refractivity contribution is 4.91. The molecule has 6 heteroatoms. The summed E-state index contributed by atoms with van der Waals surface area (Å²) in [6, 6.07) is 0. The van der Waals surface area contributed by atoms with Crippen LogP contribution in [-0.2, 0) is 17.8 Å². The van der Waals surface area contributed by atoms with Gasteiger partial charge >= 0.3 is 0 Å². The second-order valence-corrected chi connectivity index (χ2v) is 4.50. The van der Waals surface area contributed by atoms with Crippen LogP contribution in [0, 0.1) is 0 Å². The van der Waals surface area contributed by atoms with Crippen molar-refractivity contribution in [2.75, 3.05) is 19.8 Å². The fraction of sp³-hybridized carbons (Fsp3) is 0.833. The van der Waals surface area contributed by atoms with Gasteiger partial charge in [0.25, 0.3) is 0 Å². The van der Waals surface area contributed by atoms with Gasteiger partial charge in [-0.25, -0.2) is 0 Å². The molecular weight excluding hydrogens is 232 g/mol. The highest BCUT2D eigenvalue weighted by atomic mass is 16.5. The molecular formula is C12H24N4O2. The molecule has 0 aliphatic carbocycles. The highest BCUT2D eigenvalue weighted by Crippen LogP contribution is 1.95. The number of nitrogens with one attached hydrogen (secondary N) is 1. The average molecular weight is 256 g/mol. The van der Waals surface area contributed by atoms with Gasteiger partial charge in [-0.15, -0.1) is 5.10 Å². The predicted octanol–water partition coefficient (Wildman–Crippen LogP) is 0.565. The van der Waals surface area contributed by atoms with Gasteiger partial charge in [-0.2, -0.15) is 0 Å². The van der Waals surface area contributed by atoms with Crippen molar-refractivity contribution in [2.24, 2.45) is 0 Å². The highest BCUT2D eigenvalue weighted by Gasteiger charge is 2.00. The van der Waals surface area contributed by atoms with Gasteiger partial charge in [0.05, 0.1) is 11.8 Å². The molecule has 0 atom stereocenters. The minimum Gasteiger partial charge on any atom is -0.396 e. The lowest BCUT2D eigenvalue weighted by Crippen LogP contribution is -2.17. The van der Waals surface area contributed by atoms with Crippen LogP contribution in [0.1, 0.15) is 32.4 Å². The minimum absolute atomic E-state index is 0.184. The number of nitrogens with zero attached hydrogens (tertiary/aromatic N) is 3. The number of rotatable bonds is 10. The number of aliphatic hydroxyl groups excluding tert-OH is 1. The van der Waals surface area contributed by atoms with Crippen molar-refractivity contribution < 1.29 is 9.84 Å². The molecule has 0 amide bonds. The molecule has 0 saturated heterocycles. The molecule has 0 radical (unpaired) electrons. The van der Waals surface area contributed by atoms with Crippen LogP contribution in [0.3, 0.4) is 0 Å². The fourth-order valence-corrected chi connectivity index (χ4v) is 1.49. The second-order valence-electron chi connectivity index (χ2n) is 4.50. The molecule has 0 unspecified atom stereocenters. The quantitative estimate of drug-likeness (QED) is 0.599. The maximum Gasteiger partial charge on any atom is 0.0964 e. The maximum absolute atomic E-state index is 8.71. The molecule has 0 spiro atoms. The number of aliphatic hydroxyl groups is 1. The third-order valence-electron chi connectivity index (χ3n) is 2.39. The predicted molar refractivity (Wildman–Crippen MR) is 69.1 cm³/mol. The topological polar surface area (TPSA) is 72.2 Å². The van der Waals surface area contributed by atoms with Crippen LogP contribution in [0.5, 0.6) is 0 Å². The summed E-state index contributed by atoms with van der Waals surface area (Å²) in [6.07, 6.45) is 3.92. The van der Waals surface area contributed by atoms with E-state index in [1.165, 1.54) is 0 Å². The largest absolute Gasteiger partial charge is 0.396 e. The van der Waals surface area contributed by atoms with E-state index in [9.17, 15) is 0 Å². The van der Waals surface area contributed by atoms with Crippen LogP contribution in [0.4, 0.5) is 0 Å². The third-order valence-corrected chi connectivity index (χ3v) is 2.39. The van der Waals surface area contributed by atoms with Crippen LogP contribution < -0.4 is 5.32 Å². The number of aromatic nitrogens is 3. The Morgan fingerprint density at radius 1 is 1.44 bits per heavy atom. The average Bonchev–Trinajstić information content (AvgIpc) is 2.78. The molecule has 0 aromatic carbocycles. The van der Waals surface area contributed by atoms with Gasteiger partial charge in [0, 0.05) is 32.5 Å². The Bertz CT molecular complexity index is 315. The zero-order chi connectivity index (χ0) is 13.2. The molecule has 0 bridgehead atoms. The summed E-state index contributed by atoms with van der Waals surface area (Å²) < 4.78 is 7.21. The Labute approximate surface area is 108 Å². The number of hydrogen-bond acceptors (Lipinski definition) is 5. The van der Waals surface area contributed by atoms with Crippen molar-refractivity contribution in [2.45, 2.75) is 45.9 Å². The van der Waals surface area contributed by atoms with Crippen molar-refractivity contribution in [1.29, 1.82) is 0 Å². The standard InChI is InChI=1S/C12H24N4O2/c1-11(2)18-8-3-5-13-9-12-10-16(15-14-12)6-4-7-17/h10-11,13,17H,3-9H2,1-2H3. The van der Waals surface area contributed by atoms with E-state index >= 15 is 0 Å². The van der Waals surface area contributed by atoms with E-state index in [0.717, 1.165) is 31.8 Å². The van der Waals surface area contributed by atoms with E-state index in [2.05, 4.69) is 15.6 Å². The Morgan fingerprint density at radius 3 is 3.00 bits per heavy atom. The third kappa shape index (κ3) is 6.68. The summed E-state index contributed by atoms with van der Waals surface area (Å²) in [7, 11) is 0. The van der Waals surface area contributed by atoms with Gasteiger partial charge in [-0.3, -0.25) is 4.68 Å². The molecule has 0 aliphatic heterocycles. The first-order chi connectivity index (χ1) is 8.72. The van der Waals surface area contributed by atoms with Crippen LogP contribution in [0.15, 0.2) is 6.20 Å². The first-order valence-electron chi connectivity index (χ1n) is 6.54. The zero-order valence-electron chi connectivity index (χ0n) is 11.3. The molecule has 104 valence electrons. The molecule has 1 heterocycles. The van der Waals surface area contributed by atoms with Gasteiger partial charge in [0.2, 0.25) is 0 Å². The smallest absolute Gasteiger partial charge is 0.0964 e. The Hall–Kier alpha value is -0.980. The fourth-order valence-electron chi connectivity index (χ4n) is 1.49. The molecule has 1 aromatic rings. The van der Waals surface area contributed by atoms with Crippen molar-refractivity contribution >= 4 is 0 Å². The number of hydrogen-bond donors (Lipinski definition) is 2. The monoisotopic (exact) mass is 256 g/mol. The Balaban J connectivity index is 2.06. The van der Waals surface area contributed by atoms with Crippen LogP contribution in [0.2, 0.25) is 0 Å². The minimum atomic E-state index is 0.184. The summed E-state index contributed by atoms with van der Waals surface area (Å²) >= 11 is 0.